The Labute approximate surface area is 126 Å². The van der Waals surface area contributed by atoms with E-state index in [1.54, 1.807) is 13.1 Å². The predicted molar refractivity (Wildman–Crippen MR) is 85.5 cm³/mol. The average Bonchev–Trinajstić information content (AvgIpc) is 2.38. The molecule has 21 heavy (non-hydrogen) atoms. The van der Waals surface area contributed by atoms with Crippen molar-refractivity contribution in [2.45, 2.75) is 33.3 Å². The first-order valence-electron chi connectivity index (χ1n) is 7.02. The van der Waals surface area contributed by atoms with Gasteiger partial charge >= 0.3 is 0 Å². The number of carbonyl (C=O) groups is 1. The van der Waals surface area contributed by atoms with Crippen LogP contribution >= 0.6 is 0 Å². The number of nitrogens with zero attached hydrogens (tertiary/aromatic N) is 2. The number of aromatic nitrogens is 1. The van der Waals surface area contributed by atoms with Gasteiger partial charge in [0.2, 0.25) is 11.8 Å². The summed E-state index contributed by atoms with van der Waals surface area (Å²) in [7, 11) is 3.52. The van der Waals surface area contributed by atoms with Crippen LogP contribution in [-0.2, 0) is 4.79 Å². The molecule has 6 nitrogen and oxygen atoms in total. The molecule has 3 N–H and O–H groups in total. The van der Waals surface area contributed by atoms with E-state index >= 15 is 0 Å². The smallest absolute Gasteiger partial charge is 0.239 e. The second-order valence-electron chi connectivity index (χ2n) is 6.17. The van der Waals surface area contributed by atoms with E-state index in [4.69, 9.17) is 10.5 Å². The lowest BCUT2D eigenvalue weighted by atomic mass is 10.1. The Morgan fingerprint density at radius 1 is 1.48 bits per heavy atom. The Morgan fingerprint density at radius 3 is 2.62 bits per heavy atom. The fourth-order valence-electron chi connectivity index (χ4n) is 1.86. The third kappa shape index (κ3) is 5.13. The number of rotatable bonds is 5. The molecule has 0 saturated heterocycles. The number of nitrogen functional groups attached to an aromatic ring is 1. The van der Waals surface area contributed by atoms with E-state index in [9.17, 15) is 4.79 Å². The number of ether oxygens (including phenoxy) is 1. The van der Waals surface area contributed by atoms with Crippen molar-refractivity contribution in [3.05, 3.63) is 12.1 Å². The van der Waals surface area contributed by atoms with Gasteiger partial charge in [-0.25, -0.2) is 0 Å². The van der Waals surface area contributed by atoms with Crippen LogP contribution in [0.3, 0.4) is 0 Å². The van der Waals surface area contributed by atoms with Crippen molar-refractivity contribution >= 4 is 17.4 Å². The number of pyridine rings is 1. The second kappa shape index (κ2) is 6.65. The first-order valence-corrected chi connectivity index (χ1v) is 7.02. The van der Waals surface area contributed by atoms with E-state index in [0.717, 1.165) is 5.82 Å². The largest absolute Gasteiger partial charge is 0.470 e. The molecule has 1 rings (SSSR count). The maximum atomic E-state index is 11.6. The molecule has 1 amide bonds. The molecule has 118 valence electrons. The lowest BCUT2D eigenvalue weighted by Crippen LogP contribution is -2.34. The van der Waals surface area contributed by atoms with Crippen molar-refractivity contribution in [2.75, 3.05) is 31.3 Å². The van der Waals surface area contributed by atoms with Crippen LogP contribution in [-0.4, -0.2) is 37.1 Å². The van der Waals surface area contributed by atoms with Crippen LogP contribution in [0, 0.1) is 5.92 Å². The summed E-state index contributed by atoms with van der Waals surface area (Å²) < 4.78 is 5.75. The molecular formula is C15H26N4O2. The van der Waals surface area contributed by atoms with E-state index in [2.05, 4.69) is 10.3 Å². The molecule has 0 bridgehead atoms. The van der Waals surface area contributed by atoms with E-state index in [0.29, 0.717) is 18.1 Å². The van der Waals surface area contributed by atoms with Gasteiger partial charge in [-0.05, 0) is 32.9 Å². The Kier molecular flexibility index (Phi) is 5.41. The molecule has 0 spiro atoms. The minimum atomic E-state index is -0.367. The molecule has 0 saturated carbocycles. The van der Waals surface area contributed by atoms with Gasteiger partial charge in [-0.15, -0.1) is 0 Å². The molecule has 0 radical (unpaired) electrons. The summed E-state index contributed by atoms with van der Waals surface area (Å²) in [6.45, 7) is 8.26. The van der Waals surface area contributed by atoms with Crippen LogP contribution in [0.5, 0.6) is 5.88 Å². The summed E-state index contributed by atoms with van der Waals surface area (Å²) >= 11 is 0. The van der Waals surface area contributed by atoms with Gasteiger partial charge in [-0.3, -0.25) is 4.79 Å². The molecule has 0 aliphatic rings. The zero-order valence-electron chi connectivity index (χ0n) is 13.7. The highest BCUT2D eigenvalue weighted by Crippen LogP contribution is 2.26. The normalized spacial score (nSPS) is 12.7. The molecule has 1 atom stereocenters. The Morgan fingerprint density at radius 2 is 2.10 bits per heavy atom. The SMILES string of the molecule is CNC(=O)C(C)CN(C)c1ccc(N)c(OC(C)(C)C)n1. The molecule has 1 heterocycles. The minimum Gasteiger partial charge on any atom is -0.470 e. The Hall–Kier alpha value is -1.98. The number of amides is 1. The quantitative estimate of drug-likeness (QED) is 0.863. The topological polar surface area (TPSA) is 80.5 Å². The summed E-state index contributed by atoms with van der Waals surface area (Å²) in [5.74, 6) is 1.01. The lowest BCUT2D eigenvalue weighted by Gasteiger charge is -2.25. The van der Waals surface area contributed by atoms with E-state index in [-0.39, 0.29) is 17.4 Å². The van der Waals surface area contributed by atoms with Crippen LogP contribution in [0.25, 0.3) is 0 Å². The van der Waals surface area contributed by atoms with Crippen molar-refractivity contribution in [1.29, 1.82) is 0 Å². The van der Waals surface area contributed by atoms with Crippen molar-refractivity contribution in [3.63, 3.8) is 0 Å². The fraction of sp³-hybridized carbons (Fsp3) is 0.600. The number of hydrogen-bond donors (Lipinski definition) is 2. The standard InChI is InChI=1S/C15H26N4O2/c1-10(13(20)17-5)9-19(6)12-8-7-11(16)14(18-12)21-15(2,3)4/h7-8,10H,9,16H2,1-6H3,(H,17,20). The molecular weight excluding hydrogens is 268 g/mol. The summed E-state index contributed by atoms with van der Waals surface area (Å²) in [6, 6.07) is 3.59. The van der Waals surface area contributed by atoms with E-state index in [1.807, 2.05) is 45.7 Å². The highest BCUT2D eigenvalue weighted by molar-refractivity contribution is 5.78. The summed E-state index contributed by atoms with van der Waals surface area (Å²) in [4.78, 5) is 17.9. The zero-order chi connectivity index (χ0) is 16.2. The number of anilines is 2. The number of nitrogens with two attached hydrogens (primary N) is 1. The van der Waals surface area contributed by atoms with Crippen molar-refractivity contribution < 1.29 is 9.53 Å². The Balaban J connectivity index is 2.88. The molecule has 0 aliphatic heterocycles. The van der Waals surface area contributed by atoms with Crippen LogP contribution < -0.4 is 20.7 Å². The maximum Gasteiger partial charge on any atom is 0.239 e. The molecule has 1 unspecified atom stereocenters. The molecule has 0 aromatic carbocycles. The highest BCUT2D eigenvalue weighted by Gasteiger charge is 2.18. The van der Waals surface area contributed by atoms with Gasteiger partial charge < -0.3 is 20.7 Å². The maximum absolute atomic E-state index is 11.6. The lowest BCUT2D eigenvalue weighted by molar-refractivity contribution is -0.123. The average molecular weight is 294 g/mol. The van der Waals surface area contributed by atoms with Crippen LogP contribution in [0.15, 0.2) is 12.1 Å². The van der Waals surface area contributed by atoms with Gasteiger partial charge in [0.05, 0.1) is 11.6 Å². The van der Waals surface area contributed by atoms with Crippen molar-refractivity contribution in [3.8, 4) is 5.88 Å². The van der Waals surface area contributed by atoms with Crippen LogP contribution in [0.2, 0.25) is 0 Å². The number of hydrogen-bond acceptors (Lipinski definition) is 5. The summed E-state index contributed by atoms with van der Waals surface area (Å²) in [5, 5.41) is 2.64. The van der Waals surface area contributed by atoms with Crippen LogP contribution in [0.4, 0.5) is 11.5 Å². The van der Waals surface area contributed by atoms with Gasteiger partial charge in [-0.1, -0.05) is 6.92 Å². The minimum absolute atomic E-state index is 0.00320. The van der Waals surface area contributed by atoms with Gasteiger partial charge in [0, 0.05) is 20.6 Å². The summed E-state index contributed by atoms with van der Waals surface area (Å²) in [5.41, 5.74) is 6.03. The summed E-state index contributed by atoms with van der Waals surface area (Å²) in [6.07, 6.45) is 0. The van der Waals surface area contributed by atoms with Crippen LogP contribution in [0.1, 0.15) is 27.7 Å². The molecule has 1 aromatic rings. The Bertz CT molecular complexity index is 497. The van der Waals surface area contributed by atoms with E-state index in [1.165, 1.54) is 0 Å². The van der Waals surface area contributed by atoms with E-state index < -0.39 is 0 Å². The van der Waals surface area contributed by atoms with Gasteiger partial charge in [0.25, 0.3) is 0 Å². The molecule has 1 aromatic heterocycles. The van der Waals surface area contributed by atoms with Gasteiger partial charge in [0.1, 0.15) is 11.4 Å². The highest BCUT2D eigenvalue weighted by atomic mass is 16.5. The van der Waals surface area contributed by atoms with Gasteiger partial charge in [0.15, 0.2) is 0 Å². The monoisotopic (exact) mass is 294 g/mol. The van der Waals surface area contributed by atoms with Crippen molar-refractivity contribution in [2.24, 2.45) is 5.92 Å². The molecule has 0 fully saturated rings. The molecule has 0 aliphatic carbocycles. The third-order valence-corrected chi connectivity index (χ3v) is 2.91. The zero-order valence-corrected chi connectivity index (χ0v) is 13.7. The number of carbonyl (C=O) groups excluding carboxylic acids is 1. The fourth-order valence-corrected chi connectivity index (χ4v) is 1.86. The number of nitrogens with one attached hydrogen (secondary N) is 1. The third-order valence-electron chi connectivity index (χ3n) is 2.91. The first-order chi connectivity index (χ1) is 9.64. The van der Waals surface area contributed by atoms with Gasteiger partial charge in [-0.2, -0.15) is 4.98 Å². The second-order valence-corrected chi connectivity index (χ2v) is 6.17. The molecule has 6 heteroatoms. The van der Waals surface area contributed by atoms with Crippen molar-refractivity contribution in [1.82, 2.24) is 10.3 Å². The first kappa shape index (κ1) is 17.1. The predicted octanol–water partition coefficient (Wildman–Crippen LogP) is 1.66.